The van der Waals surface area contributed by atoms with Crippen LogP contribution in [0, 0.1) is 12.7 Å². The molecule has 0 aliphatic rings. The molecule has 21 nitrogen and oxygen atoms in total. The summed E-state index contributed by atoms with van der Waals surface area (Å²) in [6.45, 7) is 51.6. The Morgan fingerprint density at radius 1 is 0.331 bits per heavy atom. The van der Waals surface area contributed by atoms with Crippen LogP contribution in [0.3, 0.4) is 0 Å². The van der Waals surface area contributed by atoms with Crippen LogP contribution >= 0.6 is 11.6 Å². The van der Waals surface area contributed by atoms with E-state index in [1.807, 2.05) is 176 Å². The zero-order valence-electron chi connectivity index (χ0n) is 82.7. The predicted molar refractivity (Wildman–Crippen MR) is 549 cm³/mol. The number of fused-ring (bicyclic) bond motifs is 10. The van der Waals surface area contributed by atoms with E-state index in [-0.39, 0.29) is 24.6 Å². The number of halogens is 5. The maximum Gasteiger partial charge on any atom is 0.173 e. The molecule has 0 spiro atoms. The van der Waals surface area contributed by atoms with Gasteiger partial charge in [-0.25, -0.2) is 71.0 Å². The molecule has 0 saturated carbocycles. The van der Waals surface area contributed by atoms with Gasteiger partial charge in [-0.3, -0.25) is 9.38 Å². The Hall–Kier alpha value is -13.3. The number of aromatic nitrogens is 21. The molecule has 1 aromatic carbocycles. The van der Waals surface area contributed by atoms with Gasteiger partial charge in [0.05, 0.1) is 22.3 Å². The molecule has 0 N–H and O–H groups in total. The number of alkyl halides is 3. The second-order valence-corrected chi connectivity index (χ2v) is 37.2. The van der Waals surface area contributed by atoms with Crippen molar-refractivity contribution in [2.75, 3.05) is 0 Å². The number of nitrogens with zero attached hydrogens (tertiary/aromatic N) is 21. The van der Waals surface area contributed by atoms with E-state index in [0.717, 1.165) is 57.4 Å². The SMILES string of the molecule is C.CC(C)c1cccc2cnccc12.CC(C)c1ccnn2cccc12.CC(C)c1ccnn2ccnc12.CC(C)c1cnc2c(C(C)F)cccn12.CC(C)c1cnc2c(Cl)cccn12.CC(C)c1cnc2c(F)c(C(C)F)ccn12.CC(C)c1cnc2cc(C(C)F)ccn12.CC(C)c1cncn2ccnc12.CCc1cccn2c(C(C)C)cnc12.Cc1ccc2c(C(C)C)cnn2c1. The normalized spacial score (nSPS) is 12.0. The average molecular weight is 1860 g/mol. The molecule has 19 aromatic heterocycles. The molecule has 0 radical (unpaired) electrons. The Labute approximate surface area is 803 Å². The lowest BCUT2D eigenvalue weighted by molar-refractivity contribution is 0.361. The zero-order chi connectivity index (χ0) is 97.8. The topological polar surface area (TPSA) is 194 Å². The lowest BCUT2D eigenvalue weighted by Gasteiger charge is -2.08. The van der Waals surface area contributed by atoms with Gasteiger partial charge < -0.3 is 22.0 Å². The fourth-order valence-electron chi connectivity index (χ4n) is 15.7. The third-order valence-corrected chi connectivity index (χ3v) is 23.6. The number of hydrogen-bond acceptors (Lipinski definition) is 12. The van der Waals surface area contributed by atoms with Crippen molar-refractivity contribution in [3.8, 4) is 0 Å². The molecule has 26 heteroatoms. The number of aryl methyl sites for hydroxylation is 2. The van der Waals surface area contributed by atoms with Gasteiger partial charge in [-0.15, -0.1) is 0 Å². The Balaban J connectivity index is 0.000000156. The minimum Gasteiger partial charge on any atom is -0.304 e. The molecule has 0 aliphatic carbocycles. The van der Waals surface area contributed by atoms with E-state index in [4.69, 9.17) is 11.6 Å². The first-order valence-corrected chi connectivity index (χ1v) is 47.2. The van der Waals surface area contributed by atoms with Crippen molar-refractivity contribution in [3.05, 3.63) is 353 Å². The largest absolute Gasteiger partial charge is 0.304 e. The number of pyridine rings is 7. The highest BCUT2D eigenvalue weighted by Crippen LogP contribution is 2.32. The quantitative estimate of drug-likeness (QED) is 0.0936. The summed E-state index contributed by atoms with van der Waals surface area (Å²) < 4.78 is 70.9. The van der Waals surface area contributed by atoms with Crippen LogP contribution < -0.4 is 0 Å². The summed E-state index contributed by atoms with van der Waals surface area (Å²) in [4.78, 5) is 38.1. The number of hydrogen-bond donors (Lipinski definition) is 0. The monoisotopic (exact) mass is 1860 g/mol. The third kappa shape index (κ3) is 25.5. The van der Waals surface area contributed by atoms with Crippen LogP contribution in [-0.2, 0) is 6.42 Å². The van der Waals surface area contributed by atoms with Crippen molar-refractivity contribution in [3.63, 3.8) is 0 Å². The van der Waals surface area contributed by atoms with Gasteiger partial charge in [0.2, 0.25) is 0 Å². The predicted octanol–water partition coefficient (Wildman–Crippen LogP) is 29.7. The number of imidazole rings is 7. The van der Waals surface area contributed by atoms with E-state index in [9.17, 15) is 17.6 Å². The average Bonchev–Trinajstić information content (AvgIpc) is 1.69. The van der Waals surface area contributed by atoms with E-state index in [0.29, 0.717) is 69.4 Å². The second kappa shape index (κ2) is 48.3. The highest BCUT2D eigenvalue weighted by molar-refractivity contribution is 6.33. The molecule has 3 atom stereocenters. The molecule has 20 aromatic rings. The van der Waals surface area contributed by atoms with Gasteiger partial charge in [-0.05, 0) is 205 Å². The fraction of sp³-hybridized carbons (Fsp3) is 0.364. The maximum absolute atomic E-state index is 13.9. The van der Waals surface area contributed by atoms with Gasteiger partial charge in [0.25, 0.3) is 0 Å². The molecular formula is C110H136ClF4N21. The van der Waals surface area contributed by atoms with Crippen molar-refractivity contribution < 1.29 is 17.6 Å². The molecule has 136 heavy (non-hydrogen) atoms. The smallest absolute Gasteiger partial charge is 0.173 e. The first-order chi connectivity index (χ1) is 64.5. The molecular weight excluding hydrogens is 1730 g/mol. The lowest BCUT2D eigenvalue weighted by atomic mass is 9.97. The van der Waals surface area contributed by atoms with Crippen molar-refractivity contribution in [2.24, 2.45) is 0 Å². The number of benzene rings is 1. The van der Waals surface area contributed by atoms with Gasteiger partial charge in [0, 0.05) is 192 Å². The summed E-state index contributed by atoms with van der Waals surface area (Å²) in [7, 11) is 0. The van der Waals surface area contributed by atoms with E-state index >= 15 is 0 Å². The highest BCUT2D eigenvalue weighted by atomic mass is 35.5. The molecule has 0 fully saturated rings. The van der Waals surface area contributed by atoms with Crippen LogP contribution in [0.2, 0.25) is 5.02 Å². The van der Waals surface area contributed by atoms with Crippen molar-refractivity contribution >= 4 is 72.9 Å². The third-order valence-electron chi connectivity index (χ3n) is 23.3. The molecule has 3 unspecified atom stereocenters. The van der Waals surface area contributed by atoms with Gasteiger partial charge in [0.1, 0.15) is 47.4 Å². The molecule has 20 rings (SSSR count). The molecule has 0 bridgehead atoms. The van der Waals surface area contributed by atoms with Crippen LogP contribution in [-0.4, -0.2) is 100 Å². The summed E-state index contributed by atoms with van der Waals surface area (Å²) in [6, 6.07) is 37.7. The molecule has 0 saturated heterocycles. The van der Waals surface area contributed by atoms with Gasteiger partial charge in [0.15, 0.2) is 22.8 Å². The Bertz CT molecular complexity index is 6970. The van der Waals surface area contributed by atoms with Gasteiger partial charge in [-0.1, -0.05) is 201 Å². The van der Waals surface area contributed by atoms with Crippen molar-refractivity contribution in [1.82, 2.24) is 100 Å². The van der Waals surface area contributed by atoms with E-state index in [1.54, 1.807) is 59.1 Å². The van der Waals surface area contributed by atoms with Crippen LogP contribution in [0.25, 0.3) is 61.3 Å². The summed E-state index contributed by atoms with van der Waals surface area (Å²) in [5.74, 6) is 4.15. The Kier molecular flexibility index (Phi) is 37.2. The second-order valence-electron chi connectivity index (χ2n) is 36.8. The summed E-state index contributed by atoms with van der Waals surface area (Å²) in [5.41, 5.74) is 24.3. The maximum atomic E-state index is 13.9. The standard InChI is InChI=1S/C12H14F2N2.2C12H15FN2.C12H16N2.C12H13N.C11H14N2.C10H11ClN2.C10H12N2.2C9H11N3.CH4/c1-7(2)10-6-15-12-11(14)9(8(3)13)4-5-16(10)12;1-8(2)11-7-14-12-6-10(9(3)13)4-5-15(11)12;1-8(2)11-7-14-12-10(9(3)13)5-4-6-15(11)12;1-4-10-6-5-7-14-11(9(2)3)8-13-12(10)14;1-9(2)11-5-3-4-10-8-13-7-6-12(10)11;1-8(2)10-6-12-13-7-9(3)4-5-11(10)13;1-7(2)9-6-12-10-8(11)4-3-5-13(9)10;1-8(2)9-5-6-11-12-7-3-4-10(9)12;1-7(2)8-5-10-6-12-4-3-11-9(8)12;1-7(2)8-3-4-11-12-6-5-10-9(8)12;/h4-8H,1-3H3;2*4-9H,1-3H3;5-9H,4H2,1-3H3;3-9H,1-2H3;4-8H,1-3H3;3-7H,1-2H3;3-8H,1-2H3;2*3-7H,1-2H3;1H4. The first kappa shape index (κ1) is 105. The molecule has 0 aliphatic heterocycles. The lowest BCUT2D eigenvalue weighted by Crippen LogP contribution is -2.00. The van der Waals surface area contributed by atoms with Crippen molar-refractivity contribution in [1.29, 1.82) is 0 Å². The highest BCUT2D eigenvalue weighted by Gasteiger charge is 2.20. The van der Waals surface area contributed by atoms with Crippen LogP contribution in [0.15, 0.2) is 258 Å². The Morgan fingerprint density at radius 3 is 1.44 bits per heavy atom. The summed E-state index contributed by atoms with van der Waals surface area (Å²) >= 11 is 5.99. The molecule has 19 heterocycles. The van der Waals surface area contributed by atoms with Gasteiger partial charge >= 0.3 is 0 Å². The van der Waals surface area contributed by atoms with E-state index in [1.165, 1.54) is 92.1 Å². The Morgan fingerprint density at radius 2 is 0.838 bits per heavy atom. The van der Waals surface area contributed by atoms with Crippen LogP contribution in [0.1, 0.15) is 335 Å². The van der Waals surface area contributed by atoms with Crippen molar-refractivity contribution in [2.45, 2.75) is 265 Å². The summed E-state index contributed by atoms with van der Waals surface area (Å²) in [6.07, 6.45) is 41.0. The van der Waals surface area contributed by atoms with Crippen LogP contribution in [0.5, 0.6) is 0 Å². The van der Waals surface area contributed by atoms with Gasteiger partial charge in [-0.2, -0.15) is 15.3 Å². The molecule has 0 amide bonds. The summed E-state index contributed by atoms with van der Waals surface area (Å²) in [5, 5.41) is 15.9. The minimum absolute atomic E-state index is 0. The first-order valence-electron chi connectivity index (χ1n) is 46.8. The van der Waals surface area contributed by atoms with E-state index in [2.05, 4.69) is 276 Å². The van der Waals surface area contributed by atoms with E-state index < -0.39 is 24.3 Å². The fourth-order valence-corrected chi connectivity index (χ4v) is 15.9. The molecule has 716 valence electrons. The number of rotatable bonds is 14. The minimum atomic E-state index is -1.32. The van der Waals surface area contributed by atoms with Crippen LogP contribution in [0.4, 0.5) is 17.6 Å². The zero-order valence-corrected chi connectivity index (χ0v) is 83.5.